The minimum Gasteiger partial charge on any atom is -0.476 e. The van der Waals surface area contributed by atoms with Crippen molar-refractivity contribution in [3.05, 3.63) is 58.7 Å². The molecule has 0 bridgehead atoms. The Balaban J connectivity index is 1.84. The number of nitrogens with zero attached hydrogens (tertiary/aromatic N) is 1. The Labute approximate surface area is 125 Å². The molecule has 0 aliphatic heterocycles. The third-order valence-electron chi connectivity index (χ3n) is 3.15. The fourth-order valence-electron chi connectivity index (χ4n) is 2.14. The molecule has 0 atom stereocenters. The van der Waals surface area contributed by atoms with E-state index in [1.807, 2.05) is 30.3 Å². The van der Waals surface area contributed by atoms with Gasteiger partial charge in [0.25, 0.3) is 0 Å². The fraction of sp³-hybridized carbons (Fsp3) is 0.0667. The number of rotatable bonds is 4. The SMILES string of the molecule is O=C(O)c1n[nH]c2ccc(NCc3cccc(Cl)c3)cc12. The molecule has 0 unspecified atom stereocenters. The molecule has 106 valence electrons. The maximum atomic E-state index is 11.1. The number of carboxylic acid groups (broad SMARTS) is 1. The van der Waals surface area contributed by atoms with Crippen LogP contribution in [-0.2, 0) is 6.54 Å². The van der Waals surface area contributed by atoms with Gasteiger partial charge in [-0.2, -0.15) is 5.10 Å². The number of aromatic amines is 1. The lowest BCUT2D eigenvalue weighted by molar-refractivity contribution is 0.0692. The summed E-state index contributed by atoms with van der Waals surface area (Å²) in [6.45, 7) is 0.603. The lowest BCUT2D eigenvalue weighted by atomic mass is 10.1. The average molecular weight is 302 g/mol. The number of H-pyrrole nitrogens is 1. The second-order valence-electron chi connectivity index (χ2n) is 4.62. The molecule has 3 rings (SSSR count). The molecular formula is C15H12ClN3O2. The highest BCUT2D eigenvalue weighted by Gasteiger charge is 2.12. The van der Waals surface area contributed by atoms with Crippen LogP contribution in [0, 0.1) is 0 Å². The van der Waals surface area contributed by atoms with E-state index in [-0.39, 0.29) is 5.69 Å². The lowest BCUT2D eigenvalue weighted by Crippen LogP contribution is -2.00. The molecule has 1 aromatic heterocycles. The first-order valence-electron chi connectivity index (χ1n) is 6.33. The largest absolute Gasteiger partial charge is 0.476 e. The summed E-state index contributed by atoms with van der Waals surface area (Å²) in [5.41, 5.74) is 2.59. The molecule has 0 aliphatic carbocycles. The first kappa shape index (κ1) is 13.5. The summed E-state index contributed by atoms with van der Waals surface area (Å²) in [6, 6.07) is 13.0. The number of hydrogen-bond acceptors (Lipinski definition) is 3. The average Bonchev–Trinajstić information content (AvgIpc) is 2.88. The smallest absolute Gasteiger partial charge is 0.357 e. The number of carbonyl (C=O) groups is 1. The summed E-state index contributed by atoms with van der Waals surface area (Å²) in [4.78, 5) is 11.1. The first-order chi connectivity index (χ1) is 10.1. The fourth-order valence-corrected chi connectivity index (χ4v) is 2.35. The number of anilines is 1. The van der Waals surface area contributed by atoms with Crippen LogP contribution in [0.1, 0.15) is 16.1 Å². The summed E-state index contributed by atoms with van der Waals surface area (Å²) in [6.07, 6.45) is 0. The van der Waals surface area contributed by atoms with Crippen LogP contribution in [0.4, 0.5) is 5.69 Å². The summed E-state index contributed by atoms with van der Waals surface area (Å²) >= 11 is 5.94. The monoisotopic (exact) mass is 301 g/mol. The number of nitrogens with one attached hydrogen (secondary N) is 2. The van der Waals surface area contributed by atoms with Gasteiger partial charge in [0, 0.05) is 22.6 Å². The van der Waals surface area contributed by atoms with Crippen LogP contribution in [0.3, 0.4) is 0 Å². The van der Waals surface area contributed by atoms with Crippen molar-refractivity contribution in [2.45, 2.75) is 6.54 Å². The molecule has 0 saturated heterocycles. The normalized spacial score (nSPS) is 10.7. The quantitative estimate of drug-likeness (QED) is 0.689. The van der Waals surface area contributed by atoms with Gasteiger partial charge >= 0.3 is 5.97 Å². The summed E-state index contributed by atoms with van der Waals surface area (Å²) in [5.74, 6) is -1.05. The molecule has 0 radical (unpaired) electrons. The number of halogens is 1. The molecule has 3 N–H and O–H groups in total. The van der Waals surface area contributed by atoms with E-state index in [0.717, 1.165) is 11.3 Å². The van der Waals surface area contributed by atoms with E-state index in [9.17, 15) is 4.79 Å². The standard InChI is InChI=1S/C15H12ClN3O2/c16-10-3-1-2-9(6-10)8-17-11-4-5-13-12(7-11)14(15(20)21)19-18-13/h1-7,17H,8H2,(H,18,19)(H,20,21). The maximum Gasteiger partial charge on any atom is 0.357 e. The first-order valence-corrected chi connectivity index (χ1v) is 6.71. The van der Waals surface area contributed by atoms with Gasteiger partial charge in [-0.05, 0) is 35.9 Å². The third-order valence-corrected chi connectivity index (χ3v) is 3.39. The highest BCUT2D eigenvalue weighted by molar-refractivity contribution is 6.30. The Bertz CT molecular complexity index is 814. The van der Waals surface area contributed by atoms with Crippen LogP contribution in [0.25, 0.3) is 10.9 Å². The number of hydrogen-bond donors (Lipinski definition) is 3. The molecule has 0 aliphatic rings. The topological polar surface area (TPSA) is 78.0 Å². The van der Waals surface area contributed by atoms with E-state index in [1.165, 1.54) is 0 Å². The molecule has 3 aromatic rings. The number of carboxylic acids is 1. The molecule has 1 heterocycles. The molecule has 0 amide bonds. The van der Waals surface area contributed by atoms with Crippen LogP contribution in [0.15, 0.2) is 42.5 Å². The Morgan fingerprint density at radius 3 is 2.90 bits per heavy atom. The predicted octanol–water partition coefficient (Wildman–Crippen LogP) is 3.53. The van der Waals surface area contributed by atoms with Gasteiger partial charge in [-0.25, -0.2) is 4.79 Å². The van der Waals surface area contributed by atoms with Crippen molar-refractivity contribution in [3.63, 3.8) is 0 Å². The molecule has 6 heteroatoms. The van der Waals surface area contributed by atoms with Gasteiger partial charge in [0.15, 0.2) is 5.69 Å². The van der Waals surface area contributed by atoms with Crippen LogP contribution >= 0.6 is 11.6 Å². The molecule has 0 saturated carbocycles. The minimum atomic E-state index is -1.05. The van der Waals surface area contributed by atoms with Gasteiger partial charge < -0.3 is 10.4 Å². The van der Waals surface area contributed by atoms with Crippen molar-refractivity contribution >= 4 is 34.2 Å². The Hall–Kier alpha value is -2.53. The van der Waals surface area contributed by atoms with Crippen LogP contribution in [0.2, 0.25) is 5.02 Å². The van der Waals surface area contributed by atoms with Crippen molar-refractivity contribution in [2.75, 3.05) is 5.32 Å². The summed E-state index contributed by atoms with van der Waals surface area (Å²) in [7, 11) is 0. The van der Waals surface area contributed by atoms with Gasteiger partial charge in [0.2, 0.25) is 0 Å². The highest BCUT2D eigenvalue weighted by Crippen LogP contribution is 2.21. The second-order valence-corrected chi connectivity index (χ2v) is 5.06. The van der Waals surface area contributed by atoms with E-state index in [1.54, 1.807) is 12.1 Å². The van der Waals surface area contributed by atoms with E-state index in [4.69, 9.17) is 16.7 Å². The van der Waals surface area contributed by atoms with Crippen LogP contribution in [0.5, 0.6) is 0 Å². The molecule has 5 nitrogen and oxygen atoms in total. The van der Waals surface area contributed by atoms with Crippen molar-refractivity contribution < 1.29 is 9.90 Å². The second kappa shape index (κ2) is 5.46. The molecule has 0 fully saturated rings. The number of benzene rings is 2. The highest BCUT2D eigenvalue weighted by atomic mass is 35.5. The van der Waals surface area contributed by atoms with Crippen LogP contribution in [-0.4, -0.2) is 21.3 Å². The molecule has 0 spiro atoms. The number of aromatic nitrogens is 2. The summed E-state index contributed by atoms with van der Waals surface area (Å²) < 4.78 is 0. The zero-order chi connectivity index (χ0) is 14.8. The van der Waals surface area contributed by atoms with E-state index in [2.05, 4.69) is 15.5 Å². The third kappa shape index (κ3) is 2.83. The zero-order valence-electron chi connectivity index (χ0n) is 10.9. The Kier molecular flexibility index (Phi) is 3.50. The van der Waals surface area contributed by atoms with Crippen molar-refractivity contribution in [1.29, 1.82) is 0 Å². The predicted molar refractivity (Wildman–Crippen MR) is 81.8 cm³/mol. The van der Waals surface area contributed by atoms with Gasteiger partial charge in [0.1, 0.15) is 0 Å². The van der Waals surface area contributed by atoms with Crippen LogP contribution < -0.4 is 5.32 Å². The van der Waals surface area contributed by atoms with Gasteiger partial charge in [-0.1, -0.05) is 23.7 Å². The van der Waals surface area contributed by atoms with Gasteiger partial charge in [0.05, 0.1) is 5.52 Å². The van der Waals surface area contributed by atoms with E-state index >= 15 is 0 Å². The number of aromatic carboxylic acids is 1. The minimum absolute atomic E-state index is 0.0244. The van der Waals surface area contributed by atoms with Gasteiger partial charge in [-0.3, -0.25) is 5.10 Å². The lowest BCUT2D eigenvalue weighted by Gasteiger charge is -2.07. The number of fused-ring (bicyclic) bond motifs is 1. The van der Waals surface area contributed by atoms with Gasteiger partial charge in [-0.15, -0.1) is 0 Å². The zero-order valence-corrected chi connectivity index (χ0v) is 11.7. The molecule has 21 heavy (non-hydrogen) atoms. The molecular weight excluding hydrogens is 290 g/mol. The van der Waals surface area contributed by atoms with E-state index in [0.29, 0.717) is 22.5 Å². The van der Waals surface area contributed by atoms with E-state index < -0.39 is 5.97 Å². The maximum absolute atomic E-state index is 11.1. The Morgan fingerprint density at radius 2 is 2.14 bits per heavy atom. The Morgan fingerprint density at radius 1 is 1.29 bits per heavy atom. The van der Waals surface area contributed by atoms with Crippen molar-refractivity contribution in [3.8, 4) is 0 Å². The van der Waals surface area contributed by atoms with Crippen molar-refractivity contribution in [1.82, 2.24) is 10.2 Å². The molecule has 2 aromatic carbocycles. The summed E-state index contributed by atoms with van der Waals surface area (Å²) in [5, 5.41) is 20.1. The van der Waals surface area contributed by atoms with Crippen molar-refractivity contribution in [2.24, 2.45) is 0 Å².